The standard InChI is InChI=1S/C24H23FN6O3/c1-3-5-22(33)27-16-6-4-7-17(12-16)28-23-19(25)14-26-24(30-23)29-18-8-9-21-20(13-18)31(15(2)32)10-11-34-21/h3-4,6-9,12-14H,1,5,10-11H2,2H3,(H,27,33)(H2,26,28,29,30). The first-order valence-corrected chi connectivity index (χ1v) is 10.6. The Hall–Kier alpha value is -4.47. The Morgan fingerprint density at radius 3 is 2.76 bits per heavy atom. The van der Waals surface area contributed by atoms with Crippen molar-refractivity contribution < 1.29 is 18.7 Å². The highest BCUT2D eigenvalue weighted by atomic mass is 19.1. The molecule has 0 saturated heterocycles. The number of fused-ring (bicyclic) bond motifs is 1. The van der Waals surface area contributed by atoms with Crippen molar-refractivity contribution in [3.05, 3.63) is 67.1 Å². The molecule has 2 heterocycles. The van der Waals surface area contributed by atoms with Crippen molar-refractivity contribution in [3.8, 4) is 5.75 Å². The first kappa shape index (κ1) is 22.7. The number of nitrogens with one attached hydrogen (secondary N) is 3. The zero-order valence-electron chi connectivity index (χ0n) is 18.5. The minimum absolute atomic E-state index is 0.0428. The predicted molar refractivity (Wildman–Crippen MR) is 128 cm³/mol. The molecule has 3 aromatic rings. The lowest BCUT2D eigenvalue weighted by atomic mass is 10.2. The number of ether oxygens (including phenoxy) is 1. The maximum absolute atomic E-state index is 14.4. The van der Waals surface area contributed by atoms with Gasteiger partial charge in [-0.3, -0.25) is 9.59 Å². The Morgan fingerprint density at radius 2 is 1.97 bits per heavy atom. The van der Waals surface area contributed by atoms with Crippen molar-refractivity contribution in [3.63, 3.8) is 0 Å². The van der Waals surface area contributed by atoms with Gasteiger partial charge < -0.3 is 25.6 Å². The van der Waals surface area contributed by atoms with Gasteiger partial charge in [-0.1, -0.05) is 12.1 Å². The number of amides is 2. The van der Waals surface area contributed by atoms with Crippen LogP contribution in [0.5, 0.6) is 5.75 Å². The van der Waals surface area contributed by atoms with Crippen LogP contribution in [0.15, 0.2) is 61.3 Å². The van der Waals surface area contributed by atoms with E-state index in [1.54, 1.807) is 47.4 Å². The van der Waals surface area contributed by atoms with Crippen LogP contribution in [0.25, 0.3) is 0 Å². The molecule has 0 saturated carbocycles. The molecule has 3 N–H and O–H groups in total. The largest absolute Gasteiger partial charge is 0.490 e. The fourth-order valence-electron chi connectivity index (χ4n) is 3.42. The number of anilines is 6. The molecule has 0 bridgehead atoms. The monoisotopic (exact) mass is 462 g/mol. The first-order chi connectivity index (χ1) is 16.4. The van der Waals surface area contributed by atoms with Gasteiger partial charge in [0.1, 0.15) is 12.4 Å². The summed E-state index contributed by atoms with van der Waals surface area (Å²) in [5, 5.41) is 8.67. The molecule has 0 unspecified atom stereocenters. The van der Waals surface area contributed by atoms with Crippen molar-refractivity contribution in [2.24, 2.45) is 0 Å². The number of benzene rings is 2. The van der Waals surface area contributed by atoms with Crippen molar-refractivity contribution in [2.45, 2.75) is 13.3 Å². The SMILES string of the molecule is C=CCC(=O)Nc1cccc(Nc2nc(Nc3ccc4c(c3)N(C(C)=O)CCO4)ncc2F)c1. The number of halogens is 1. The molecule has 0 atom stereocenters. The van der Waals surface area contributed by atoms with Crippen LogP contribution in [-0.4, -0.2) is 34.9 Å². The van der Waals surface area contributed by atoms with E-state index in [1.165, 1.54) is 13.0 Å². The summed E-state index contributed by atoms with van der Waals surface area (Å²) >= 11 is 0. The van der Waals surface area contributed by atoms with Crippen LogP contribution in [0.3, 0.4) is 0 Å². The molecule has 1 aliphatic rings. The van der Waals surface area contributed by atoms with Crippen molar-refractivity contribution in [1.82, 2.24) is 9.97 Å². The molecule has 9 nitrogen and oxygen atoms in total. The lowest BCUT2D eigenvalue weighted by molar-refractivity contribution is -0.117. The number of carbonyl (C=O) groups is 2. The molecular weight excluding hydrogens is 439 g/mol. The second-order valence-corrected chi connectivity index (χ2v) is 7.46. The quantitative estimate of drug-likeness (QED) is 0.448. The second kappa shape index (κ2) is 9.99. The van der Waals surface area contributed by atoms with Gasteiger partial charge in [-0.15, -0.1) is 6.58 Å². The topological polar surface area (TPSA) is 108 Å². The number of hydrogen-bond donors (Lipinski definition) is 3. The van der Waals surface area contributed by atoms with E-state index in [1.807, 2.05) is 0 Å². The van der Waals surface area contributed by atoms with E-state index >= 15 is 0 Å². The molecule has 2 aromatic carbocycles. The predicted octanol–water partition coefficient (Wildman–Crippen LogP) is 4.36. The van der Waals surface area contributed by atoms with Gasteiger partial charge in [0.2, 0.25) is 17.8 Å². The summed E-state index contributed by atoms with van der Waals surface area (Å²) in [5.74, 6) is -0.216. The van der Waals surface area contributed by atoms with Gasteiger partial charge in [0.05, 0.1) is 18.4 Å². The van der Waals surface area contributed by atoms with E-state index in [0.717, 1.165) is 6.20 Å². The van der Waals surface area contributed by atoms with Crippen LogP contribution < -0.4 is 25.6 Å². The van der Waals surface area contributed by atoms with Gasteiger partial charge in [0.15, 0.2) is 11.6 Å². The number of nitrogens with zero attached hydrogens (tertiary/aromatic N) is 3. The summed E-state index contributed by atoms with van der Waals surface area (Å²) in [4.78, 5) is 33.6. The maximum Gasteiger partial charge on any atom is 0.229 e. The first-order valence-electron chi connectivity index (χ1n) is 10.6. The normalized spacial score (nSPS) is 12.2. The molecule has 10 heteroatoms. The minimum Gasteiger partial charge on any atom is -0.490 e. The van der Waals surface area contributed by atoms with Gasteiger partial charge in [0, 0.05) is 30.4 Å². The molecule has 0 aliphatic carbocycles. The van der Waals surface area contributed by atoms with Crippen molar-refractivity contribution in [2.75, 3.05) is 34.0 Å². The molecule has 0 radical (unpaired) electrons. The molecule has 1 aromatic heterocycles. The molecule has 1 aliphatic heterocycles. The summed E-state index contributed by atoms with van der Waals surface area (Å²) in [5.41, 5.74) is 2.33. The highest BCUT2D eigenvalue weighted by Gasteiger charge is 2.21. The fourth-order valence-corrected chi connectivity index (χ4v) is 3.42. The number of rotatable bonds is 7. The van der Waals surface area contributed by atoms with E-state index in [4.69, 9.17) is 4.74 Å². The molecule has 174 valence electrons. The van der Waals surface area contributed by atoms with Crippen molar-refractivity contribution >= 4 is 46.3 Å². The van der Waals surface area contributed by atoms with E-state index in [-0.39, 0.29) is 30.0 Å². The second-order valence-electron chi connectivity index (χ2n) is 7.46. The molecule has 34 heavy (non-hydrogen) atoms. The zero-order chi connectivity index (χ0) is 24.1. The van der Waals surface area contributed by atoms with E-state index < -0.39 is 5.82 Å². The third kappa shape index (κ3) is 5.29. The molecule has 0 fully saturated rings. The summed E-state index contributed by atoms with van der Waals surface area (Å²) in [6, 6.07) is 12.1. The lowest BCUT2D eigenvalue weighted by Crippen LogP contribution is -2.36. The van der Waals surface area contributed by atoms with Crippen LogP contribution in [0, 0.1) is 5.82 Å². The van der Waals surface area contributed by atoms with Gasteiger partial charge in [0.25, 0.3) is 0 Å². The van der Waals surface area contributed by atoms with Gasteiger partial charge in [-0.05, 0) is 36.4 Å². The van der Waals surface area contributed by atoms with E-state index in [2.05, 4.69) is 32.5 Å². The van der Waals surface area contributed by atoms with Crippen LogP contribution in [0.4, 0.5) is 38.9 Å². The lowest BCUT2D eigenvalue weighted by Gasteiger charge is -2.29. The zero-order valence-corrected chi connectivity index (χ0v) is 18.5. The van der Waals surface area contributed by atoms with Crippen LogP contribution in [0.1, 0.15) is 13.3 Å². The van der Waals surface area contributed by atoms with Crippen LogP contribution in [-0.2, 0) is 9.59 Å². The van der Waals surface area contributed by atoms with Crippen molar-refractivity contribution in [1.29, 1.82) is 0 Å². The molecular formula is C24H23FN6O3. The number of carbonyl (C=O) groups excluding carboxylic acids is 2. The fraction of sp³-hybridized carbons (Fsp3) is 0.167. The summed E-state index contributed by atoms with van der Waals surface area (Å²) in [6.07, 6.45) is 2.75. The highest BCUT2D eigenvalue weighted by Crippen LogP contribution is 2.35. The molecule has 2 amide bonds. The Labute approximate surface area is 195 Å². The summed E-state index contributed by atoms with van der Waals surface area (Å²) in [6.45, 7) is 5.92. The maximum atomic E-state index is 14.4. The van der Waals surface area contributed by atoms with Gasteiger partial charge in [-0.2, -0.15) is 4.98 Å². The smallest absolute Gasteiger partial charge is 0.229 e. The third-order valence-corrected chi connectivity index (χ3v) is 4.94. The van der Waals surface area contributed by atoms with E-state index in [0.29, 0.717) is 41.7 Å². The Kier molecular flexibility index (Phi) is 6.67. The van der Waals surface area contributed by atoms with Gasteiger partial charge >= 0.3 is 0 Å². The minimum atomic E-state index is -0.645. The number of hydrogen-bond acceptors (Lipinski definition) is 7. The Morgan fingerprint density at radius 1 is 1.18 bits per heavy atom. The van der Waals surface area contributed by atoms with Crippen LogP contribution >= 0.6 is 0 Å². The molecule has 0 spiro atoms. The highest BCUT2D eigenvalue weighted by molar-refractivity contribution is 5.94. The Balaban J connectivity index is 1.52. The third-order valence-electron chi connectivity index (χ3n) is 4.94. The summed E-state index contributed by atoms with van der Waals surface area (Å²) < 4.78 is 20.0. The average Bonchev–Trinajstić information content (AvgIpc) is 2.81. The van der Waals surface area contributed by atoms with Gasteiger partial charge in [-0.25, -0.2) is 9.37 Å². The summed E-state index contributed by atoms with van der Waals surface area (Å²) in [7, 11) is 0. The number of aromatic nitrogens is 2. The molecule has 4 rings (SSSR count). The average molecular weight is 462 g/mol. The Bertz CT molecular complexity index is 1250. The van der Waals surface area contributed by atoms with Crippen LogP contribution in [0.2, 0.25) is 0 Å². The van der Waals surface area contributed by atoms with E-state index in [9.17, 15) is 14.0 Å².